The van der Waals surface area contributed by atoms with Crippen molar-refractivity contribution in [3.8, 4) is 6.07 Å². The van der Waals surface area contributed by atoms with E-state index in [2.05, 4.69) is 26.7 Å². The van der Waals surface area contributed by atoms with E-state index >= 15 is 0 Å². The second-order valence-electron chi connectivity index (χ2n) is 6.68. The van der Waals surface area contributed by atoms with Crippen molar-refractivity contribution in [1.29, 1.82) is 5.26 Å². The Morgan fingerprint density at radius 3 is 2.28 bits per heavy atom. The summed E-state index contributed by atoms with van der Waals surface area (Å²) in [6.07, 6.45) is 1.55. The van der Waals surface area contributed by atoms with Crippen LogP contribution in [0.15, 0.2) is 71.9 Å². The van der Waals surface area contributed by atoms with Crippen LogP contribution in [0.5, 0.6) is 0 Å². The van der Waals surface area contributed by atoms with Crippen LogP contribution in [-0.2, 0) is 26.5 Å². The molecule has 1 aromatic heterocycles. The van der Waals surface area contributed by atoms with Gasteiger partial charge in [0.2, 0.25) is 10.0 Å². The van der Waals surface area contributed by atoms with Gasteiger partial charge < -0.3 is 10.6 Å². The molecule has 10 nitrogen and oxygen atoms in total. The SMILES string of the molecule is CC(Nc1cc(Nc2ccc(CC#N)cc2)ncn1)S(=O)(=O)NS(=O)(=O)c1ccccc1. The highest BCUT2D eigenvalue weighted by Gasteiger charge is 2.28. The lowest BCUT2D eigenvalue weighted by Crippen LogP contribution is -2.40. The first-order valence-corrected chi connectivity index (χ1v) is 12.4. The van der Waals surface area contributed by atoms with Gasteiger partial charge in [0.25, 0.3) is 10.0 Å². The number of nitrogens with zero attached hydrogens (tertiary/aromatic N) is 3. The summed E-state index contributed by atoms with van der Waals surface area (Å²) in [5, 5.41) is 13.1. The van der Waals surface area contributed by atoms with E-state index in [0.29, 0.717) is 17.9 Å². The Bertz CT molecular complexity index is 1320. The number of anilines is 3. The van der Waals surface area contributed by atoms with Gasteiger partial charge in [-0.05, 0) is 36.8 Å². The van der Waals surface area contributed by atoms with E-state index < -0.39 is 25.4 Å². The number of nitriles is 1. The van der Waals surface area contributed by atoms with Crippen molar-refractivity contribution in [2.24, 2.45) is 0 Å². The molecule has 0 saturated carbocycles. The monoisotopic (exact) mass is 472 g/mol. The molecule has 0 aliphatic heterocycles. The van der Waals surface area contributed by atoms with Gasteiger partial charge in [0.05, 0.1) is 17.4 Å². The van der Waals surface area contributed by atoms with E-state index in [1.807, 2.05) is 0 Å². The summed E-state index contributed by atoms with van der Waals surface area (Å²) in [5.74, 6) is 0.573. The summed E-state index contributed by atoms with van der Waals surface area (Å²) < 4.78 is 51.6. The van der Waals surface area contributed by atoms with Gasteiger partial charge in [-0.3, -0.25) is 0 Å². The van der Waals surface area contributed by atoms with E-state index in [4.69, 9.17) is 5.26 Å². The minimum absolute atomic E-state index is 0.162. The van der Waals surface area contributed by atoms with Gasteiger partial charge in [-0.1, -0.05) is 30.3 Å². The van der Waals surface area contributed by atoms with Crippen LogP contribution in [0.4, 0.5) is 17.3 Å². The molecule has 12 heteroatoms. The first kappa shape index (κ1) is 23.1. The maximum absolute atomic E-state index is 12.6. The lowest BCUT2D eigenvalue weighted by molar-refractivity contribution is 0.572. The number of rotatable bonds is 9. The van der Waals surface area contributed by atoms with Gasteiger partial charge in [-0.15, -0.1) is 4.13 Å². The molecule has 0 fully saturated rings. The average molecular weight is 473 g/mol. The highest BCUT2D eigenvalue weighted by atomic mass is 32.3. The standard InChI is InChI=1S/C20H20N6O4S2/c1-15(31(27,28)26-32(29,30)18-5-3-2-4-6-18)24-19-13-20(23-14-22-19)25-17-9-7-16(8-10-17)11-12-21/h2-10,13-15,26H,11H2,1H3,(H2,22,23,24,25). The van der Waals surface area contributed by atoms with Gasteiger partial charge in [-0.25, -0.2) is 26.8 Å². The molecule has 3 N–H and O–H groups in total. The van der Waals surface area contributed by atoms with Crippen LogP contribution >= 0.6 is 0 Å². The third kappa shape index (κ3) is 6.01. The molecule has 0 aliphatic carbocycles. The topological polar surface area (TPSA) is 154 Å². The second kappa shape index (κ2) is 9.73. The lowest BCUT2D eigenvalue weighted by atomic mass is 10.1. The highest BCUT2D eigenvalue weighted by Crippen LogP contribution is 2.18. The molecule has 1 atom stereocenters. The Morgan fingerprint density at radius 2 is 1.62 bits per heavy atom. The molecule has 1 heterocycles. The molecule has 0 bridgehead atoms. The summed E-state index contributed by atoms with van der Waals surface area (Å²) in [7, 11) is -8.56. The fourth-order valence-electron chi connectivity index (χ4n) is 2.61. The highest BCUT2D eigenvalue weighted by molar-refractivity contribution is 8.05. The number of hydrogen-bond donors (Lipinski definition) is 3. The van der Waals surface area contributed by atoms with E-state index in [1.165, 1.54) is 43.6 Å². The Morgan fingerprint density at radius 1 is 0.969 bits per heavy atom. The Hall–Kier alpha value is -3.53. The van der Waals surface area contributed by atoms with Crippen molar-refractivity contribution in [1.82, 2.24) is 14.1 Å². The smallest absolute Gasteiger partial charge is 0.253 e. The molecule has 3 aromatic rings. The van der Waals surface area contributed by atoms with Crippen LogP contribution in [0.3, 0.4) is 0 Å². The molecule has 0 saturated heterocycles. The van der Waals surface area contributed by atoms with Gasteiger partial charge in [0.15, 0.2) is 0 Å². The van der Waals surface area contributed by atoms with Gasteiger partial charge >= 0.3 is 0 Å². The number of benzene rings is 2. The molecule has 0 spiro atoms. The van der Waals surface area contributed by atoms with Crippen LogP contribution in [0.2, 0.25) is 0 Å². The maximum atomic E-state index is 12.6. The maximum Gasteiger partial charge on any atom is 0.253 e. The molecule has 0 radical (unpaired) electrons. The van der Waals surface area contributed by atoms with Crippen molar-refractivity contribution in [2.45, 2.75) is 23.6 Å². The fourth-order valence-corrected chi connectivity index (χ4v) is 5.59. The van der Waals surface area contributed by atoms with Gasteiger partial charge in [-0.2, -0.15) is 5.26 Å². The zero-order chi connectivity index (χ0) is 23.2. The lowest BCUT2D eigenvalue weighted by Gasteiger charge is -2.16. The fraction of sp³-hybridized carbons (Fsp3) is 0.150. The predicted molar refractivity (Wildman–Crippen MR) is 120 cm³/mol. The van der Waals surface area contributed by atoms with Crippen molar-refractivity contribution in [3.05, 3.63) is 72.6 Å². The minimum Gasteiger partial charge on any atom is -0.353 e. The Labute approximate surface area is 186 Å². The number of aromatic nitrogens is 2. The Balaban J connectivity index is 1.69. The van der Waals surface area contributed by atoms with E-state index in [-0.39, 0.29) is 10.7 Å². The zero-order valence-corrected chi connectivity index (χ0v) is 18.6. The minimum atomic E-state index is -4.30. The molecular formula is C20H20N6O4S2. The normalized spacial score (nSPS) is 12.5. The summed E-state index contributed by atoms with van der Waals surface area (Å²) >= 11 is 0. The zero-order valence-electron chi connectivity index (χ0n) is 16.9. The summed E-state index contributed by atoms with van der Waals surface area (Å²) in [6.45, 7) is 1.30. The largest absolute Gasteiger partial charge is 0.353 e. The third-order valence-corrected chi connectivity index (χ3v) is 8.02. The molecule has 3 rings (SSSR count). The first-order valence-electron chi connectivity index (χ1n) is 9.33. The molecular weight excluding hydrogens is 452 g/mol. The summed E-state index contributed by atoms with van der Waals surface area (Å²) in [6, 6.07) is 17.9. The molecule has 166 valence electrons. The van der Waals surface area contributed by atoms with Crippen molar-refractivity contribution >= 4 is 37.4 Å². The van der Waals surface area contributed by atoms with E-state index in [0.717, 1.165) is 5.56 Å². The molecule has 2 aromatic carbocycles. The van der Waals surface area contributed by atoms with Gasteiger partial charge in [0, 0.05) is 11.8 Å². The van der Waals surface area contributed by atoms with Crippen molar-refractivity contribution < 1.29 is 16.8 Å². The quantitative estimate of drug-likeness (QED) is 0.426. The summed E-state index contributed by atoms with van der Waals surface area (Å²) in [5.41, 5.74) is 1.59. The summed E-state index contributed by atoms with van der Waals surface area (Å²) in [4.78, 5) is 7.91. The van der Waals surface area contributed by atoms with E-state index in [9.17, 15) is 16.8 Å². The van der Waals surface area contributed by atoms with E-state index in [1.54, 1.807) is 34.5 Å². The van der Waals surface area contributed by atoms with Crippen molar-refractivity contribution in [3.63, 3.8) is 0 Å². The molecule has 1 unspecified atom stereocenters. The molecule has 0 amide bonds. The van der Waals surface area contributed by atoms with Crippen LogP contribution < -0.4 is 14.8 Å². The first-order chi connectivity index (χ1) is 15.2. The predicted octanol–water partition coefficient (Wildman–Crippen LogP) is 2.35. The van der Waals surface area contributed by atoms with Crippen molar-refractivity contribution in [2.75, 3.05) is 10.6 Å². The van der Waals surface area contributed by atoms with Crippen LogP contribution in [0.1, 0.15) is 12.5 Å². The average Bonchev–Trinajstić information content (AvgIpc) is 2.75. The van der Waals surface area contributed by atoms with Crippen LogP contribution in [-0.4, -0.2) is 32.2 Å². The Kier molecular flexibility index (Phi) is 7.04. The number of sulfonamides is 2. The molecule has 0 aliphatic rings. The van der Waals surface area contributed by atoms with Gasteiger partial charge in [0.1, 0.15) is 23.3 Å². The number of hydrogen-bond acceptors (Lipinski definition) is 9. The molecule has 32 heavy (non-hydrogen) atoms. The third-order valence-electron chi connectivity index (χ3n) is 4.27. The van der Waals surface area contributed by atoms with Crippen LogP contribution in [0, 0.1) is 11.3 Å². The second-order valence-corrected chi connectivity index (χ2v) is 10.6. The number of nitrogens with one attached hydrogen (secondary N) is 3. The van der Waals surface area contributed by atoms with Crippen LogP contribution in [0.25, 0.3) is 0 Å².